The topological polar surface area (TPSA) is 90.5 Å². The molecule has 2 N–H and O–H groups in total. The smallest absolute Gasteiger partial charge is 0.161 e. The summed E-state index contributed by atoms with van der Waals surface area (Å²) >= 11 is 0. The van der Waals surface area contributed by atoms with Crippen molar-refractivity contribution in [1.82, 2.24) is 0 Å². The summed E-state index contributed by atoms with van der Waals surface area (Å²) in [5.74, 6) is 2.73. The molecule has 9 nitrogen and oxygen atoms in total. The fraction of sp³-hybridized carbons (Fsp3) is 0.311. The molecule has 0 aliphatic carbocycles. The maximum Gasteiger partial charge on any atom is 0.161 e. The summed E-state index contributed by atoms with van der Waals surface area (Å²) in [5, 5.41) is 6.68. The maximum atomic E-state index is 9.87. The Morgan fingerprint density at radius 3 is 0.835 bits per heavy atom. The van der Waals surface area contributed by atoms with Crippen LogP contribution in [0.25, 0.3) is 0 Å². The Hall–Kier alpha value is -6.01. The number of benzene rings is 7. The van der Waals surface area contributed by atoms with E-state index in [1.807, 2.05) is 48.5 Å². The molecule has 0 spiro atoms. The molecule has 8 rings (SSSR count). The van der Waals surface area contributed by atoms with Crippen LogP contribution in [-0.2, 0) is 43.6 Å². The SMILES string of the molecule is CC(C)(C)c1ccc(C[NH2+]Cc2ccc(C[P+](c3ccccc3)(c3ccccc3)c3ccccc3)cc2)cc1.F[P-](F)(F)(F)(F)F.F[P-](F)(F)(F)(F)F.c1ccc2c(c1)OCCOCCOCCOc1ccccc1OCCOCCOCCO2. The molecule has 0 fully saturated rings. The van der Waals surface area contributed by atoms with Gasteiger partial charge in [0.2, 0.25) is 0 Å². The minimum absolute atomic E-state index is 0.200. The van der Waals surface area contributed by atoms with Gasteiger partial charge in [-0.25, -0.2) is 0 Å². The van der Waals surface area contributed by atoms with Crippen molar-refractivity contribution in [1.29, 1.82) is 0 Å². The van der Waals surface area contributed by atoms with Gasteiger partial charge in [-0.1, -0.05) is 148 Å². The number of halogens is 12. The molecule has 1 aliphatic heterocycles. The number of fused-ring (bicyclic) bond motifs is 2. The van der Waals surface area contributed by atoms with E-state index < -0.39 is 22.9 Å². The first-order valence-electron chi connectivity index (χ1n) is 27.0. The van der Waals surface area contributed by atoms with Crippen LogP contribution in [0.4, 0.5) is 50.4 Å². The van der Waals surface area contributed by atoms with E-state index in [2.05, 4.69) is 166 Å². The fourth-order valence-corrected chi connectivity index (χ4v) is 12.5. The van der Waals surface area contributed by atoms with Gasteiger partial charge in [0.1, 0.15) is 62.7 Å². The molecule has 1 aliphatic rings. The summed E-state index contributed by atoms with van der Waals surface area (Å²) in [6.45, 7) is 14.3. The Kier molecular flexibility index (Phi) is 24.7. The third-order valence-corrected chi connectivity index (χ3v) is 16.4. The van der Waals surface area contributed by atoms with Gasteiger partial charge in [-0.05, 0) is 77.2 Å². The molecule has 0 atom stereocenters. The summed E-state index contributed by atoms with van der Waals surface area (Å²) in [6.07, 6.45) is 1.01. The van der Waals surface area contributed by atoms with Crippen LogP contribution < -0.4 is 40.2 Å². The van der Waals surface area contributed by atoms with Crippen molar-refractivity contribution in [2.24, 2.45) is 0 Å². The Morgan fingerprint density at radius 1 is 0.329 bits per heavy atom. The average Bonchev–Trinajstić information content (AvgIpc) is 1.17. The predicted molar refractivity (Wildman–Crippen MR) is 315 cm³/mol. The van der Waals surface area contributed by atoms with Crippen LogP contribution >= 0.6 is 22.9 Å². The van der Waals surface area contributed by atoms with Crippen molar-refractivity contribution in [2.75, 3.05) is 79.3 Å². The van der Waals surface area contributed by atoms with E-state index in [4.69, 9.17) is 37.9 Å². The van der Waals surface area contributed by atoms with Gasteiger partial charge in [0.15, 0.2) is 23.0 Å². The number of rotatable bonds is 9. The zero-order chi connectivity index (χ0) is 62.1. The van der Waals surface area contributed by atoms with Crippen molar-refractivity contribution >= 4 is 38.8 Å². The van der Waals surface area contributed by atoms with Gasteiger partial charge in [0, 0.05) is 11.1 Å². The third-order valence-electron chi connectivity index (χ3n) is 12.0. The Balaban J connectivity index is 0.000000257. The second-order valence-electron chi connectivity index (χ2n) is 20.1. The van der Waals surface area contributed by atoms with E-state index in [9.17, 15) is 50.4 Å². The number of para-hydroxylation sites is 4. The van der Waals surface area contributed by atoms with Crippen molar-refractivity contribution in [3.05, 3.63) is 210 Å². The van der Waals surface area contributed by atoms with Crippen LogP contribution in [0.5, 0.6) is 23.0 Å². The number of quaternary nitrogens is 1. The molecule has 0 amide bonds. The largest absolute Gasteiger partial charge is 0.487 e. The van der Waals surface area contributed by atoms with E-state index >= 15 is 0 Å². The zero-order valence-electron chi connectivity index (χ0n) is 47.2. The molecule has 1 heterocycles. The standard InChI is InChI=1S/C37H39NP.C24H32O8.2F6P/c1-37(2,3)33-25-23-31(24-26-33)28-38-27-30-19-21-32(22-20-30)29-39(34-13-7-4-8-14-34,35-15-9-5-10-16-35)36-17-11-6-12-18-36;1-2-6-22-21(5-1)29-17-13-25-9-10-27-15-19-31-23-7-3-4-8-24(23)32-20-16-28-12-11-26-14-18-30-22;2*1-7(2,3,4,5)6/h4-26,38H,27-29H2,1-3H3;1-8H,9-20H2;;/q+1;;2*-1/p+1. The second-order valence-corrected chi connectivity index (χ2v) is 27.4. The van der Waals surface area contributed by atoms with Crippen LogP contribution in [0.15, 0.2) is 188 Å². The minimum atomic E-state index is -10.7. The van der Waals surface area contributed by atoms with E-state index in [-0.39, 0.29) is 5.41 Å². The Bertz CT molecular complexity index is 2770. The van der Waals surface area contributed by atoms with Crippen molar-refractivity contribution in [3.8, 4) is 23.0 Å². The van der Waals surface area contributed by atoms with Crippen molar-refractivity contribution < 1.29 is 93.6 Å². The Morgan fingerprint density at radius 2 is 0.565 bits per heavy atom. The fourth-order valence-electron chi connectivity index (χ4n) is 8.23. The van der Waals surface area contributed by atoms with Crippen molar-refractivity contribution in [3.63, 3.8) is 0 Å². The number of hydrogen-bond acceptors (Lipinski definition) is 8. The predicted octanol–water partition coefficient (Wildman–Crippen LogP) is 16.5. The zero-order valence-corrected chi connectivity index (χ0v) is 49.9. The van der Waals surface area contributed by atoms with Gasteiger partial charge < -0.3 is 43.2 Å². The van der Waals surface area contributed by atoms with Gasteiger partial charge in [0.25, 0.3) is 0 Å². The van der Waals surface area contributed by atoms with Gasteiger partial charge in [-0.3, -0.25) is 0 Å². The van der Waals surface area contributed by atoms with Crippen LogP contribution in [0.3, 0.4) is 0 Å². The molecular formula is C61H72F12NO8P3. The van der Waals surface area contributed by atoms with E-state index in [1.165, 1.54) is 38.2 Å². The van der Waals surface area contributed by atoms with Gasteiger partial charge >= 0.3 is 66.0 Å². The summed E-state index contributed by atoms with van der Waals surface area (Å²) in [7, 11) is -23.2. The second kappa shape index (κ2) is 30.1. The summed E-state index contributed by atoms with van der Waals surface area (Å²) in [5.41, 5.74) is 5.73. The van der Waals surface area contributed by atoms with Gasteiger partial charge in [-0.2, -0.15) is 0 Å². The number of ether oxygens (including phenoxy) is 8. The van der Waals surface area contributed by atoms with E-state index in [0.717, 1.165) is 19.3 Å². The first-order chi connectivity index (χ1) is 39.8. The minimum Gasteiger partial charge on any atom is -0.487 e. The van der Waals surface area contributed by atoms with Crippen LogP contribution in [0.2, 0.25) is 0 Å². The molecule has 0 bridgehead atoms. The normalized spacial score (nSPS) is 16.1. The van der Waals surface area contributed by atoms with Crippen LogP contribution in [0, 0.1) is 0 Å². The molecule has 0 aromatic heterocycles. The van der Waals surface area contributed by atoms with Crippen LogP contribution in [-0.4, -0.2) is 79.3 Å². The Labute approximate surface area is 488 Å². The van der Waals surface area contributed by atoms with Gasteiger partial charge in [-0.15, -0.1) is 0 Å². The maximum absolute atomic E-state index is 10.7. The number of hydrogen-bond donors (Lipinski definition) is 1. The molecule has 0 saturated carbocycles. The average molecular weight is 1270 g/mol. The molecule has 85 heavy (non-hydrogen) atoms. The summed E-state index contributed by atoms with van der Waals surface area (Å²) in [4.78, 5) is 0. The summed E-state index contributed by atoms with van der Waals surface area (Å²) < 4.78 is 164. The molecular weight excluding hydrogens is 1200 g/mol. The first kappa shape index (κ1) is 69.8. The third kappa shape index (κ3) is 30.8. The van der Waals surface area contributed by atoms with E-state index in [1.54, 1.807) is 0 Å². The molecule has 7 aromatic carbocycles. The summed E-state index contributed by atoms with van der Waals surface area (Å²) in [6, 6.07) is 67.0. The van der Waals surface area contributed by atoms with Crippen LogP contribution in [0.1, 0.15) is 43.0 Å². The van der Waals surface area contributed by atoms with Gasteiger partial charge in [0.05, 0.1) is 59.0 Å². The quantitative estimate of drug-likeness (QED) is 0.113. The molecule has 0 saturated heterocycles. The molecule has 0 radical (unpaired) electrons. The molecule has 24 heteroatoms. The molecule has 0 unspecified atom stereocenters. The van der Waals surface area contributed by atoms with Crippen molar-refractivity contribution in [2.45, 2.75) is 45.4 Å². The molecule has 468 valence electrons. The van der Waals surface area contributed by atoms with E-state index in [0.29, 0.717) is 102 Å². The number of nitrogens with two attached hydrogens (primary N) is 1. The first-order valence-corrected chi connectivity index (χ1v) is 33.0. The molecule has 7 aromatic rings. The monoisotopic (exact) mass is 1270 g/mol.